The first-order valence-electron chi connectivity index (χ1n) is 8.87. The second-order valence-corrected chi connectivity index (χ2v) is 8.18. The fourth-order valence-corrected chi connectivity index (χ4v) is 4.77. The number of carbonyl (C=O) groups excluding carboxylic acids is 1. The summed E-state index contributed by atoms with van der Waals surface area (Å²) >= 11 is 1.78. The minimum atomic E-state index is 0.345. The van der Waals surface area contributed by atoms with E-state index < -0.39 is 0 Å². The van der Waals surface area contributed by atoms with E-state index in [0.29, 0.717) is 24.3 Å². The molecule has 2 fully saturated rings. The van der Waals surface area contributed by atoms with Gasteiger partial charge < -0.3 is 15.1 Å². The van der Waals surface area contributed by atoms with Gasteiger partial charge in [0.1, 0.15) is 0 Å². The van der Waals surface area contributed by atoms with Crippen LogP contribution < -0.4 is 10.2 Å². The molecule has 1 N–H and O–H groups in total. The van der Waals surface area contributed by atoms with Crippen LogP contribution in [0.4, 0.5) is 5.13 Å². The van der Waals surface area contributed by atoms with Gasteiger partial charge in [-0.2, -0.15) is 0 Å². The van der Waals surface area contributed by atoms with Crippen molar-refractivity contribution in [3.8, 4) is 0 Å². The average Bonchev–Trinajstić information content (AvgIpc) is 3.03. The summed E-state index contributed by atoms with van der Waals surface area (Å²) in [6.07, 6.45) is 4.86. The van der Waals surface area contributed by atoms with Gasteiger partial charge in [-0.05, 0) is 25.8 Å². The van der Waals surface area contributed by atoms with Crippen LogP contribution in [0.25, 0.3) is 0 Å². The first-order valence-corrected chi connectivity index (χ1v) is 9.68. The highest BCUT2D eigenvalue weighted by Crippen LogP contribution is 2.32. The summed E-state index contributed by atoms with van der Waals surface area (Å²) in [6.45, 7) is 4.88. The molecule has 0 aliphatic carbocycles. The molecular weight excluding hydrogens is 322 g/mol. The zero-order chi connectivity index (χ0) is 17.1. The predicted octanol–water partition coefficient (Wildman–Crippen LogP) is 1.24. The summed E-state index contributed by atoms with van der Waals surface area (Å²) in [6, 6.07) is 0.439. The topological polar surface area (TPSA) is 51.7 Å². The number of thiazole rings is 1. The van der Waals surface area contributed by atoms with Crippen LogP contribution in [0.2, 0.25) is 0 Å². The van der Waals surface area contributed by atoms with Crippen molar-refractivity contribution in [2.75, 3.05) is 52.2 Å². The second kappa shape index (κ2) is 7.80. The van der Waals surface area contributed by atoms with Gasteiger partial charge in [0.25, 0.3) is 0 Å². The SMILES string of the molecule is CNCCN1C(=O)CC[C@H]2CN(Cc3cnc(N(C)C)s3)CC[C@H]21. The van der Waals surface area contributed by atoms with Gasteiger partial charge in [-0.3, -0.25) is 9.69 Å². The smallest absolute Gasteiger partial charge is 0.222 e. The van der Waals surface area contributed by atoms with Crippen LogP contribution in [0.5, 0.6) is 0 Å². The molecule has 134 valence electrons. The number of likely N-dealkylation sites (tertiary alicyclic amines) is 2. The van der Waals surface area contributed by atoms with Gasteiger partial charge in [-0.15, -0.1) is 11.3 Å². The van der Waals surface area contributed by atoms with Gasteiger partial charge in [-0.25, -0.2) is 4.98 Å². The van der Waals surface area contributed by atoms with E-state index in [1.807, 2.05) is 27.3 Å². The third-order valence-electron chi connectivity index (χ3n) is 5.13. The summed E-state index contributed by atoms with van der Waals surface area (Å²) in [7, 11) is 6.02. The number of hydrogen-bond donors (Lipinski definition) is 1. The lowest BCUT2D eigenvalue weighted by molar-refractivity contribution is -0.141. The van der Waals surface area contributed by atoms with Crippen molar-refractivity contribution in [3.05, 3.63) is 11.1 Å². The van der Waals surface area contributed by atoms with Gasteiger partial charge in [0.05, 0.1) is 0 Å². The summed E-state index contributed by atoms with van der Waals surface area (Å²) in [4.78, 5) is 24.8. The number of anilines is 1. The Bertz CT molecular complexity index is 561. The quantitative estimate of drug-likeness (QED) is 0.836. The summed E-state index contributed by atoms with van der Waals surface area (Å²) < 4.78 is 0. The molecule has 0 spiro atoms. The first-order chi connectivity index (χ1) is 11.6. The maximum Gasteiger partial charge on any atom is 0.222 e. The average molecular weight is 352 g/mol. The molecule has 2 saturated heterocycles. The van der Waals surface area contributed by atoms with Crippen LogP contribution in [0.1, 0.15) is 24.1 Å². The molecule has 3 heterocycles. The van der Waals surface area contributed by atoms with Crippen molar-refractivity contribution in [1.82, 2.24) is 20.1 Å². The minimum absolute atomic E-state index is 0.345. The lowest BCUT2D eigenvalue weighted by Gasteiger charge is -2.47. The molecule has 2 atom stereocenters. The molecule has 24 heavy (non-hydrogen) atoms. The fourth-order valence-electron chi connectivity index (χ4n) is 3.89. The van der Waals surface area contributed by atoms with E-state index in [9.17, 15) is 4.79 Å². The van der Waals surface area contributed by atoms with Gasteiger partial charge in [0, 0.05) is 70.4 Å². The van der Waals surface area contributed by atoms with Crippen LogP contribution >= 0.6 is 11.3 Å². The number of nitrogens with zero attached hydrogens (tertiary/aromatic N) is 4. The molecule has 7 heteroatoms. The molecule has 0 saturated carbocycles. The van der Waals surface area contributed by atoms with Crippen molar-refractivity contribution in [2.24, 2.45) is 5.92 Å². The fraction of sp³-hybridized carbons (Fsp3) is 0.765. The largest absolute Gasteiger partial charge is 0.354 e. The summed E-state index contributed by atoms with van der Waals surface area (Å²) in [5, 5.41) is 4.24. The second-order valence-electron chi connectivity index (χ2n) is 7.08. The lowest BCUT2D eigenvalue weighted by atomic mass is 9.83. The zero-order valence-corrected chi connectivity index (χ0v) is 15.8. The molecule has 2 aliphatic rings. The Labute approximate surface area is 148 Å². The maximum atomic E-state index is 12.3. The van der Waals surface area contributed by atoms with E-state index >= 15 is 0 Å². The van der Waals surface area contributed by atoms with Crippen molar-refractivity contribution in [2.45, 2.75) is 31.8 Å². The highest BCUT2D eigenvalue weighted by molar-refractivity contribution is 7.15. The van der Waals surface area contributed by atoms with Crippen LogP contribution in [0.15, 0.2) is 6.20 Å². The summed E-state index contributed by atoms with van der Waals surface area (Å²) in [5.41, 5.74) is 0. The van der Waals surface area contributed by atoms with Crippen molar-refractivity contribution < 1.29 is 4.79 Å². The Kier molecular flexibility index (Phi) is 5.73. The van der Waals surface area contributed by atoms with Crippen LogP contribution in [-0.4, -0.2) is 74.1 Å². The third kappa shape index (κ3) is 3.90. The number of carbonyl (C=O) groups is 1. The number of aromatic nitrogens is 1. The van der Waals surface area contributed by atoms with Crippen LogP contribution in [0.3, 0.4) is 0 Å². The molecule has 2 aliphatic heterocycles. The van der Waals surface area contributed by atoms with Crippen LogP contribution in [0, 0.1) is 5.92 Å². The Morgan fingerprint density at radius 2 is 2.25 bits per heavy atom. The van der Waals surface area contributed by atoms with Gasteiger partial charge >= 0.3 is 0 Å². The Hall–Kier alpha value is -1.18. The predicted molar refractivity (Wildman–Crippen MR) is 98.5 cm³/mol. The van der Waals surface area contributed by atoms with E-state index in [-0.39, 0.29) is 0 Å². The first kappa shape index (κ1) is 17.6. The molecule has 1 amide bonds. The van der Waals surface area contributed by atoms with E-state index in [1.54, 1.807) is 11.3 Å². The van der Waals surface area contributed by atoms with Gasteiger partial charge in [0.15, 0.2) is 5.13 Å². The van der Waals surface area contributed by atoms with E-state index in [4.69, 9.17) is 0 Å². The lowest BCUT2D eigenvalue weighted by Crippen LogP contribution is -2.56. The molecular formula is C17H29N5OS. The molecule has 1 aromatic heterocycles. The summed E-state index contributed by atoms with van der Waals surface area (Å²) in [5.74, 6) is 0.965. The van der Waals surface area contributed by atoms with E-state index in [2.05, 4.69) is 25.0 Å². The molecule has 3 rings (SSSR count). The number of rotatable bonds is 6. The number of amides is 1. The Morgan fingerprint density at radius 1 is 1.42 bits per heavy atom. The third-order valence-corrected chi connectivity index (χ3v) is 6.28. The minimum Gasteiger partial charge on any atom is -0.354 e. The Morgan fingerprint density at radius 3 is 2.96 bits per heavy atom. The van der Waals surface area contributed by atoms with Crippen molar-refractivity contribution in [1.29, 1.82) is 0 Å². The highest BCUT2D eigenvalue weighted by Gasteiger charge is 2.38. The van der Waals surface area contributed by atoms with Crippen molar-refractivity contribution in [3.63, 3.8) is 0 Å². The standard InChI is InChI=1S/C17H29N5OS/c1-18-7-9-22-15-6-8-21(11-13(15)4-5-16(22)23)12-14-10-19-17(24-14)20(2)3/h10,13,15,18H,4-9,11-12H2,1-3H3/t13-,15+/m0/s1. The normalized spacial score (nSPS) is 25.0. The number of fused-ring (bicyclic) bond motifs is 1. The number of hydrogen-bond acceptors (Lipinski definition) is 6. The number of nitrogens with one attached hydrogen (secondary N) is 1. The Balaban J connectivity index is 1.58. The highest BCUT2D eigenvalue weighted by atomic mass is 32.1. The van der Waals surface area contributed by atoms with E-state index in [0.717, 1.165) is 50.7 Å². The van der Waals surface area contributed by atoms with E-state index in [1.165, 1.54) is 4.88 Å². The molecule has 0 radical (unpaired) electrons. The van der Waals surface area contributed by atoms with Gasteiger partial charge in [0.2, 0.25) is 5.91 Å². The monoisotopic (exact) mass is 351 g/mol. The number of piperidine rings is 2. The zero-order valence-electron chi connectivity index (χ0n) is 15.0. The molecule has 0 aromatic carbocycles. The van der Waals surface area contributed by atoms with Crippen LogP contribution in [-0.2, 0) is 11.3 Å². The van der Waals surface area contributed by atoms with Gasteiger partial charge in [-0.1, -0.05) is 0 Å². The molecule has 1 aromatic rings. The molecule has 0 bridgehead atoms. The van der Waals surface area contributed by atoms with Crippen molar-refractivity contribution >= 4 is 22.4 Å². The molecule has 6 nitrogen and oxygen atoms in total. The molecule has 0 unspecified atom stereocenters. The maximum absolute atomic E-state index is 12.3. The number of likely N-dealkylation sites (N-methyl/N-ethyl adjacent to an activating group) is 1.